The van der Waals surface area contributed by atoms with E-state index in [0.717, 1.165) is 16.7 Å². The number of aryl methyl sites for hydroxylation is 1. The molecule has 0 spiro atoms. The van der Waals surface area contributed by atoms with Gasteiger partial charge in [-0.1, -0.05) is 38.1 Å². The van der Waals surface area contributed by atoms with Gasteiger partial charge < -0.3 is 24.8 Å². The van der Waals surface area contributed by atoms with Crippen LogP contribution >= 0.6 is 11.6 Å². The predicted octanol–water partition coefficient (Wildman–Crippen LogP) is 3.03. The molecule has 0 saturated heterocycles. The van der Waals surface area contributed by atoms with Gasteiger partial charge in [-0.25, -0.2) is 0 Å². The molecule has 28 heavy (non-hydrogen) atoms. The average Bonchev–Trinajstić information content (AvgIpc) is 2.70. The van der Waals surface area contributed by atoms with E-state index in [4.69, 9.17) is 26.2 Å². The van der Waals surface area contributed by atoms with E-state index < -0.39 is 12.2 Å². The van der Waals surface area contributed by atoms with Crippen molar-refractivity contribution in [1.29, 1.82) is 0 Å². The van der Waals surface area contributed by atoms with Gasteiger partial charge in [0.2, 0.25) is 0 Å². The molecule has 6 heteroatoms. The van der Waals surface area contributed by atoms with Gasteiger partial charge in [-0.2, -0.15) is 0 Å². The van der Waals surface area contributed by atoms with E-state index in [-0.39, 0.29) is 31.1 Å². The van der Waals surface area contributed by atoms with E-state index in [1.54, 1.807) is 0 Å². The number of hydrogen-bond donors (Lipinski definition) is 3. The lowest BCUT2D eigenvalue weighted by molar-refractivity contribution is 0.0534. The Morgan fingerprint density at radius 1 is 0.929 bits per heavy atom. The third-order valence-electron chi connectivity index (χ3n) is 4.74. The summed E-state index contributed by atoms with van der Waals surface area (Å²) in [6.45, 7) is 6.14. The second-order valence-corrected chi connectivity index (χ2v) is 7.70. The number of benzene rings is 2. The zero-order chi connectivity index (χ0) is 20.7. The van der Waals surface area contributed by atoms with Crippen molar-refractivity contribution < 1.29 is 24.8 Å². The topological polar surface area (TPSA) is 79.2 Å². The first-order chi connectivity index (χ1) is 13.3. The molecule has 0 aliphatic heterocycles. The van der Waals surface area contributed by atoms with Crippen molar-refractivity contribution in [2.24, 2.45) is 0 Å². The van der Waals surface area contributed by atoms with Crippen LogP contribution in [0.25, 0.3) is 0 Å². The summed E-state index contributed by atoms with van der Waals surface area (Å²) in [6, 6.07) is 13.8. The lowest BCUT2D eigenvalue weighted by Crippen LogP contribution is -2.22. The Balaban J connectivity index is 2.11. The zero-order valence-corrected chi connectivity index (χ0v) is 17.3. The van der Waals surface area contributed by atoms with Gasteiger partial charge in [-0.05, 0) is 41.8 Å². The summed E-state index contributed by atoms with van der Waals surface area (Å²) in [4.78, 5) is 0. The highest BCUT2D eigenvalue weighted by Crippen LogP contribution is 2.34. The summed E-state index contributed by atoms with van der Waals surface area (Å²) >= 11 is 5.58. The lowest BCUT2D eigenvalue weighted by atomic mass is 9.77. The molecule has 0 heterocycles. The molecule has 0 saturated carbocycles. The Bertz CT molecular complexity index is 745. The quantitative estimate of drug-likeness (QED) is 0.526. The Hall–Kier alpha value is -1.79. The molecule has 0 amide bonds. The SMILES string of the molecule is Cc1cc(C(C)(C)c2ccc(OC[C@H](O)CCl)cc2)ccc1OC[C@H](O)CO. The van der Waals surface area contributed by atoms with Crippen LogP contribution in [0.15, 0.2) is 42.5 Å². The number of aliphatic hydroxyl groups is 3. The minimum absolute atomic E-state index is 0.0555. The van der Waals surface area contributed by atoms with Crippen molar-refractivity contribution in [3.05, 3.63) is 59.2 Å². The van der Waals surface area contributed by atoms with Gasteiger partial charge in [0.05, 0.1) is 12.5 Å². The van der Waals surface area contributed by atoms with Gasteiger partial charge in [-0.15, -0.1) is 11.6 Å². The number of alkyl halides is 1. The highest BCUT2D eigenvalue weighted by Gasteiger charge is 2.24. The van der Waals surface area contributed by atoms with Crippen molar-refractivity contribution in [2.45, 2.75) is 38.4 Å². The van der Waals surface area contributed by atoms with Crippen LogP contribution in [0, 0.1) is 6.92 Å². The van der Waals surface area contributed by atoms with E-state index in [2.05, 4.69) is 19.9 Å². The number of halogens is 1. The standard InChI is InChI=1S/C22H29ClO5/c1-15-10-17(6-9-21(15)28-14-19(26)12-24)22(2,3)16-4-7-20(8-5-16)27-13-18(25)11-23/h4-10,18-19,24-26H,11-14H2,1-3H3/t18-,19-/m1/s1. The molecule has 2 atom stereocenters. The molecule has 2 aromatic carbocycles. The van der Waals surface area contributed by atoms with Gasteiger partial charge in [0.15, 0.2) is 0 Å². The third kappa shape index (κ3) is 5.85. The first kappa shape index (κ1) is 22.5. The number of hydrogen-bond acceptors (Lipinski definition) is 5. The van der Waals surface area contributed by atoms with Crippen molar-refractivity contribution in [1.82, 2.24) is 0 Å². The van der Waals surface area contributed by atoms with Gasteiger partial charge in [0, 0.05) is 5.41 Å². The maximum atomic E-state index is 9.49. The number of ether oxygens (including phenoxy) is 2. The van der Waals surface area contributed by atoms with Crippen LogP contribution in [0.5, 0.6) is 11.5 Å². The smallest absolute Gasteiger partial charge is 0.122 e. The normalized spacial score (nSPS) is 13.8. The molecule has 2 rings (SSSR count). The fourth-order valence-corrected chi connectivity index (χ4v) is 2.90. The summed E-state index contributed by atoms with van der Waals surface area (Å²) in [5.74, 6) is 1.52. The van der Waals surface area contributed by atoms with Crippen molar-refractivity contribution in [2.75, 3.05) is 25.7 Å². The van der Waals surface area contributed by atoms with Crippen molar-refractivity contribution in [3.63, 3.8) is 0 Å². The van der Waals surface area contributed by atoms with E-state index in [1.165, 1.54) is 0 Å². The Morgan fingerprint density at radius 2 is 1.54 bits per heavy atom. The molecule has 3 N–H and O–H groups in total. The fourth-order valence-electron chi connectivity index (χ4n) is 2.81. The largest absolute Gasteiger partial charge is 0.491 e. The number of rotatable bonds is 10. The second kappa shape index (κ2) is 10.1. The van der Waals surface area contributed by atoms with Crippen LogP contribution in [0.1, 0.15) is 30.5 Å². The highest BCUT2D eigenvalue weighted by atomic mass is 35.5. The molecule has 2 aromatic rings. The average molecular weight is 409 g/mol. The Labute approximate surface area is 171 Å². The third-order valence-corrected chi connectivity index (χ3v) is 5.09. The number of aliphatic hydroxyl groups excluding tert-OH is 3. The van der Waals surface area contributed by atoms with Gasteiger partial charge in [-0.3, -0.25) is 0 Å². The molecule has 0 unspecified atom stereocenters. The van der Waals surface area contributed by atoms with E-state index >= 15 is 0 Å². The minimum atomic E-state index is -0.887. The molecule has 0 fully saturated rings. The van der Waals surface area contributed by atoms with E-state index in [9.17, 15) is 10.2 Å². The first-order valence-corrected chi connectivity index (χ1v) is 9.81. The Morgan fingerprint density at radius 3 is 2.11 bits per heavy atom. The fraction of sp³-hybridized carbons (Fsp3) is 0.455. The summed E-state index contributed by atoms with van der Waals surface area (Å²) in [7, 11) is 0. The van der Waals surface area contributed by atoms with Crippen LogP contribution in [-0.2, 0) is 5.41 Å². The second-order valence-electron chi connectivity index (χ2n) is 7.40. The van der Waals surface area contributed by atoms with Crippen molar-refractivity contribution in [3.8, 4) is 11.5 Å². The van der Waals surface area contributed by atoms with Gasteiger partial charge >= 0.3 is 0 Å². The summed E-state index contributed by atoms with van der Waals surface area (Å²) < 4.78 is 11.1. The monoisotopic (exact) mass is 408 g/mol. The molecule has 0 aliphatic carbocycles. The zero-order valence-electron chi connectivity index (χ0n) is 16.6. The maximum Gasteiger partial charge on any atom is 0.122 e. The summed E-state index contributed by atoms with van der Waals surface area (Å²) in [5.41, 5.74) is 2.99. The van der Waals surface area contributed by atoms with Crippen LogP contribution < -0.4 is 9.47 Å². The van der Waals surface area contributed by atoms with Gasteiger partial charge in [0.25, 0.3) is 0 Å². The van der Waals surface area contributed by atoms with Crippen LogP contribution in [-0.4, -0.2) is 53.2 Å². The molecule has 0 bridgehead atoms. The molecular formula is C22H29ClO5. The highest BCUT2D eigenvalue weighted by molar-refractivity contribution is 6.18. The maximum absolute atomic E-state index is 9.49. The van der Waals surface area contributed by atoms with Gasteiger partial charge in [0.1, 0.15) is 36.9 Å². The molecule has 154 valence electrons. The molecule has 0 aromatic heterocycles. The molecule has 0 aliphatic rings. The summed E-state index contributed by atoms with van der Waals surface area (Å²) in [6.07, 6.45) is -1.57. The van der Waals surface area contributed by atoms with Crippen molar-refractivity contribution >= 4 is 11.6 Å². The lowest BCUT2D eigenvalue weighted by Gasteiger charge is -2.27. The molecule has 0 radical (unpaired) electrons. The van der Waals surface area contributed by atoms with E-state index in [1.807, 2.05) is 43.3 Å². The first-order valence-electron chi connectivity index (χ1n) is 9.28. The molecule has 5 nitrogen and oxygen atoms in total. The molecular weight excluding hydrogens is 380 g/mol. The predicted molar refractivity (Wildman–Crippen MR) is 111 cm³/mol. The van der Waals surface area contributed by atoms with Crippen LogP contribution in [0.3, 0.4) is 0 Å². The summed E-state index contributed by atoms with van der Waals surface area (Å²) in [5, 5.41) is 27.8. The van der Waals surface area contributed by atoms with E-state index in [0.29, 0.717) is 11.5 Å². The minimum Gasteiger partial charge on any atom is -0.491 e. The van der Waals surface area contributed by atoms with Crippen LogP contribution in [0.4, 0.5) is 0 Å². The Kier molecular flexibility index (Phi) is 8.13. The van der Waals surface area contributed by atoms with Crippen LogP contribution in [0.2, 0.25) is 0 Å².